The number of nitro groups is 1. The number of benzene rings is 1. The summed E-state index contributed by atoms with van der Waals surface area (Å²) in [5, 5.41) is 10.1. The highest BCUT2D eigenvalue weighted by atomic mass is 16.6. The van der Waals surface area contributed by atoms with Gasteiger partial charge in [-0.2, -0.15) is 0 Å². The first-order chi connectivity index (χ1) is 5.70. The molecular formula is C7H8N2O3. The highest BCUT2D eigenvalue weighted by Crippen LogP contribution is 2.13. The van der Waals surface area contributed by atoms with E-state index in [1.807, 2.05) is 6.79 Å². The van der Waals surface area contributed by atoms with Gasteiger partial charge in [0.25, 0.3) is 5.69 Å². The standard InChI is InChI=1S/C6H6N2O2.CH2O/c7-5-2-1-3-6(4-5)8(9)10;1-2/h1-4H,7H2;1H2. The summed E-state index contributed by atoms with van der Waals surface area (Å²) >= 11 is 0. The summed E-state index contributed by atoms with van der Waals surface area (Å²) in [5.74, 6) is 0. The Labute approximate surface area is 69.0 Å². The van der Waals surface area contributed by atoms with Crippen LogP contribution in [0.5, 0.6) is 0 Å². The fraction of sp³-hybridized carbons (Fsp3) is 0. The van der Waals surface area contributed by atoms with E-state index in [1.165, 1.54) is 12.1 Å². The minimum atomic E-state index is -0.476. The summed E-state index contributed by atoms with van der Waals surface area (Å²) in [7, 11) is 0. The first kappa shape index (κ1) is 10.1. The molecule has 0 fully saturated rings. The van der Waals surface area contributed by atoms with Crippen molar-refractivity contribution in [2.45, 2.75) is 0 Å². The SMILES string of the molecule is C=O.Nc1cccc([N+](=O)[O-])c1. The number of non-ortho nitro benzene ring substituents is 1. The van der Waals surface area contributed by atoms with Crippen LogP contribution in [0.4, 0.5) is 11.4 Å². The Morgan fingerprint density at radius 3 is 2.33 bits per heavy atom. The zero-order chi connectivity index (χ0) is 9.56. The van der Waals surface area contributed by atoms with Gasteiger partial charge in [0.2, 0.25) is 0 Å². The number of anilines is 1. The molecule has 64 valence electrons. The fourth-order valence-electron chi connectivity index (χ4n) is 0.638. The lowest BCUT2D eigenvalue weighted by atomic mass is 10.3. The zero-order valence-corrected chi connectivity index (χ0v) is 6.27. The van der Waals surface area contributed by atoms with Gasteiger partial charge in [0.15, 0.2) is 0 Å². The lowest BCUT2D eigenvalue weighted by molar-refractivity contribution is -0.384. The molecule has 0 aliphatic carbocycles. The molecule has 0 unspecified atom stereocenters. The number of carbonyl (C=O) groups is 1. The van der Waals surface area contributed by atoms with Crippen molar-refractivity contribution in [3.05, 3.63) is 34.4 Å². The maximum absolute atomic E-state index is 10.1. The molecule has 1 aromatic rings. The number of nitrogen functional groups attached to an aromatic ring is 1. The number of nitrogens with zero attached hydrogens (tertiary/aromatic N) is 1. The third kappa shape index (κ3) is 2.78. The molecular weight excluding hydrogens is 160 g/mol. The molecule has 0 heterocycles. The molecule has 0 aromatic heterocycles. The largest absolute Gasteiger partial charge is 0.399 e. The smallest absolute Gasteiger partial charge is 0.271 e. The maximum atomic E-state index is 10.1. The summed E-state index contributed by atoms with van der Waals surface area (Å²) in [6.07, 6.45) is 0. The first-order valence-corrected chi connectivity index (χ1v) is 2.99. The van der Waals surface area contributed by atoms with Gasteiger partial charge in [-0.25, -0.2) is 0 Å². The van der Waals surface area contributed by atoms with E-state index in [9.17, 15) is 10.1 Å². The van der Waals surface area contributed by atoms with Gasteiger partial charge in [-0.1, -0.05) is 6.07 Å². The minimum Gasteiger partial charge on any atom is -0.399 e. The van der Waals surface area contributed by atoms with Gasteiger partial charge in [-0.15, -0.1) is 0 Å². The molecule has 1 rings (SSSR count). The van der Waals surface area contributed by atoms with Gasteiger partial charge in [-0.05, 0) is 6.07 Å². The zero-order valence-electron chi connectivity index (χ0n) is 6.27. The second kappa shape index (κ2) is 4.84. The topological polar surface area (TPSA) is 86.2 Å². The Hall–Kier alpha value is -1.91. The van der Waals surface area contributed by atoms with Crippen LogP contribution in [0.15, 0.2) is 24.3 Å². The summed E-state index contributed by atoms with van der Waals surface area (Å²) < 4.78 is 0. The van der Waals surface area contributed by atoms with Crippen LogP contribution in [0, 0.1) is 10.1 Å². The molecule has 2 N–H and O–H groups in total. The van der Waals surface area contributed by atoms with Crippen molar-refractivity contribution in [2.24, 2.45) is 0 Å². The molecule has 0 amide bonds. The molecule has 1 aromatic carbocycles. The average Bonchev–Trinajstić information content (AvgIpc) is 2.08. The van der Waals surface area contributed by atoms with E-state index in [-0.39, 0.29) is 5.69 Å². The Bertz CT molecular complexity index is 275. The van der Waals surface area contributed by atoms with E-state index in [0.29, 0.717) is 5.69 Å². The van der Waals surface area contributed by atoms with Crippen LogP contribution in [0.3, 0.4) is 0 Å². The lowest BCUT2D eigenvalue weighted by Gasteiger charge is -1.90. The number of hydrogen-bond acceptors (Lipinski definition) is 4. The van der Waals surface area contributed by atoms with Crippen molar-refractivity contribution in [3.63, 3.8) is 0 Å². The third-order valence-electron chi connectivity index (χ3n) is 1.08. The number of carbonyl (C=O) groups excluding carboxylic acids is 1. The molecule has 5 heteroatoms. The number of nitro benzene ring substituents is 1. The van der Waals surface area contributed by atoms with E-state index in [1.54, 1.807) is 12.1 Å². The number of hydrogen-bond donors (Lipinski definition) is 1. The first-order valence-electron chi connectivity index (χ1n) is 2.99. The van der Waals surface area contributed by atoms with Gasteiger partial charge >= 0.3 is 0 Å². The molecule has 12 heavy (non-hydrogen) atoms. The van der Waals surface area contributed by atoms with E-state index < -0.39 is 4.92 Å². The highest BCUT2D eigenvalue weighted by Gasteiger charge is 2.02. The molecule has 0 bridgehead atoms. The number of nitrogens with two attached hydrogens (primary N) is 1. The van der Waals surface area contributed by atoms with Crippen LogP contribution < -0.4 is 5.73 Å². The van der Waals surface area contributed by atoms with Gasteiger partial charge in [0.05, 0.1) is 4.92 Å². The predicted octanol–water partition coefficient (Wildman–Crippen LogP) is 0.992. The monoisotopic (exact) mass is 168 g/mol. The summed E-state index contributed by atoms with van der Waals surface area (Å²) in [4.78, 5) is 17.6. The summed E-state index contributed by atoms with van der Waals surface area (Å²) in [5.41, 5.74) is 5.73. The van der Waals surface area contributed by atoms with Crippen LogP contribution >= 0.6 is 0 Å². The molecule has 0 saturated carbocycles. The normalized spacial score (nSPS) is 8.00. The molecule has 0 aliphatic rings. The van der Waals surface area contributed by atoms with E-state index in [2.05, 4.69) is 0 Å². The van der Waals surface area contributed by atoms with Crippen LogP contribution in [-0.4, -0.2) is 11.7 Å². The fourth-order valence-corrected chi connectivity index (χ4v) is 0.638. The van der Waals surface area contributed by atoms with Crippen LogP contribution in [-0.2, 0) is 4.79 Å². The van der Waals surface area contributed by atoms with Gasteiger partial charge in [-0.3, -0.25) is 10.1 Å². The van der Waals surface area contributed by atoms with E-state index in [4.69, 9.17) is 10.5 Å². The Balaban J connectivity index is 0.000000561. The molecule has 0 atom stereocenters. The molecule has 0 spiro atoms. The van der Waals surface area contributed by atoms with E-state index in [0.717, 1.165) is 0 Å². The second-order valence-corrected chi connectivity index (χ2v) is 1.85. The Morgan fingerprint density at radius 1 is 1.42 bits per heavy atom. The van der Waals surface area contributed by atoms with Crippen molar-refractivity contribution in [1.29, 1.82) is 0 Å². The molecule has 0 saturated heterocycles. The lowest BCUT2D eigenvalue weighted by Crippen LogP contribution is -1.89. The van der Waals surface area contributed by atoms with Crippen LogP contribution in [0.25, 0.3) is 0 Å². The van der Waals surface area contributed by atoms with Gasteiger partial charge in [0, 0.05) is 17.8 Å². The Kier molecular flexibility index (Phi) is 4.07. The van der Waals surface area contributed by atoms with Crippen LogP contribution in [0.1, 0.15) is 0 Å². The van der Waals surface area contributed by atoms with Crippen molar-refractivity contribution in [3.8, 4) is 0 Å². The number of rotatable bonds is 1. The predicted molar refractivity (Wildman–Crippen MR) is 44.6 cm³/mol. The third-order valence-corrected chi connectivity index (χ3v) is 1.08. The van der Waals surface area contributed by atoms with Gasteiger partial charge in [0.1, 0.15) is 6.79 Å². The van der Waals surface area contributed by atoms with Crippen molar-refractivity contribution >= 4 is 18.2 Å². The quantitative estimate of drug-likeness (QED) is 0.385. The minimum absolute atomic E-state index is 0.0278. The van der Waals surface area contributed by atoms with Crippen molar-refractivity contribution < 1.29 is 9.72 Å². The Morgan fingerprint density at radius 2 is 2.00 bits per heavy atom. The van der Waals surface area contributed by atoms with Crippen LogP contribution in [0.2, 0.25) is 0 Å². The van der Waals surface area contributed by atoms with Crippen molar-refractivity contribution in [1.82, 2.24) is 0 Å². The second-order valence-electron chi connectivity index (χ2n) is 1.85. The maximum Gasteiger partial charge on any atom is 0.271 e. The van der Waals surface area contributed by atoms with E-state index >= 15 is 0 Å². The van der Waals surface area contributed by atoms with Crippen molar-refractivity contribution in [2.75, 3.05) is 5.73 Å². The van der Waals surface area contributed by atoms with Gasteiger partial charge < -0.3 is 10.5 Å². The average molecular weight is 168 g/mol. The summed E-state index contributed by atoms with van der Waals surface area (Å²) in [6, 6.07) is 5.87. The summed E-state index contributed by atoms with van der Waals surface area (Å²) in [6.45, 7) is 2.00. The highest BCUT2D eigenvalue weighted by molar-refractivity contribution is 5.46. The molecule has 5 nitrogen and oxygen atoms in total. The molecule has 0 aliphatic heterocycles. The molecule has 0 radical (unpaired) electrons.